The molecular weight excluding hydrogens is 236 g/mol. The molecule has 0 aliphatic carbocycles. The van der Waals surface area contributed by atoms with Gasteiger partial charge in [-0.25, -0.2) is 0 Å². The summed E-state index contributed by atoms with van der Waals surface area (Å²) in [5.74, 6) is -1.49. The first-order valence-electron chi connectivity index (χ1n) is 6.17. The van der Waals surface area contributed by atoms with E-state index in [1.54, 1.807) is 7.05 Å². The Labute approximate surface area is 107 Å². The van der Waals surface area contributed by atoms with Crippen LogP contribution in [0.15, 0.2) is 0 Å². The number of ether oxygens (including phenoxy) is 1. The van der Waals surface area contributed by atoms with Gasteiger partial charge in [0.25, 0.3) is 0 Å². The molecule has 18 heavy (non-hydrogen) atoms. The summed E-state index contributed by atoms with van der Waals surface area (Å²) >= 11 is 0. The van der Waals surface area contributed by atoms with Crippen molar-refractivity contribution in [3.63, 3.8) is 0 Å². The lowest BCUT2D eigenvalue weighted by molar-refractivity contribution is -0.144. The van der Waals surface area contributed by atoms with Crippen LogP contribution in [0, 0.1) is 11.8 Å². The van der Waals surface area contributed by atoms with Crippen LogP contribution in [0.25, 0.3) is 0 Å². The lowest BCUT2D eigenvalue weighted by atomic mass is 9.99. The molecule has 1 amide bonds. The predicted octanol–water partition coefficient (Wildman–Crippen LogP) is -0.0822. The standard InChI is InChI=1S/C12H22N2O4/c1-7(2)4-9(13)11(15)14(3)10-6-18-5-8(10)12(16)17/h7-10H,4-6,13H2,1-3H3,(H,16,17)/t8?,9-,10?/m1/s1. The van der Waals surface area contributed by atoms with Gasteiger partial charge in [0.2, 0.25) is 5.91 Å². The number of carbonyl (C=O) groups excluding carboxylic acids is 1. The van der Waals surface area contributed by atoms with Crippen LogP contribution in [0.5, 0.6) is 0 Å². The molecule has 1 fully saturated rings. The molecule has 0 bridgehead atoms. The average molecular weight is 258 g/mol. The minimum atomic E-state index is -0.936. The Balaban J connectivity index is 2.65. The second-order valence-corrected chi connectivity index (χ2v) is 5.23. The summed E-state index contributed by atoms with van der Waals surface area (Å²) in [4.78, 5) is 24.6. The quantitative estimate of drug-likeness (QED) is 0.719. The number of likely N-dealkylation sites (N-methyl/N-ethyl adjacent to an activating group) is 1. The molecule has 0 aromatic heterocycles. The number of carboxylic acids is 1. The average Bonchev–Trinajstić information content (AvgIpc) is 2.74. The van der Waals surface area contributed by atoms with E-state index >= 15 is 0 Å². The Kier molecular flexibility index (Phi) is 5.10. The SMILES string of the molecule is CC(C)C[C@@H](N)C(=O)N(C)C1COCC1C(=O)O. The summed E-state index contributed by atoms with van der Waals surface area (Å²) in [6.07, 6.45) is 0.592. The van der Waals surface area contributed by atoms with E-state index < -0.39 is 24.0 Å². The van der Waals surface area contributed by atoms with Crippen LogP contribution in [0.1, 0.15) is 20.3 Å². The Morgan fingerprint density at radius 3 is 2.56 bits per heavy atom. The normalized spacial score (nSPS) is 25.2. The monoisotopic (exact) mass is 258 g/mol. The van der Waals surface area contributed by atoms with E-state index in [9.17, 15) is 9.59 Å². The van der Waals surface area contributed by atoms with Crippen LogP contribution in [0.2, 0.25) is 0 Å². The molecule has 0 spiro atoms. The molecule has 1 aliphatic rings. The van der Waals surface area contributed by atoms with Crippen molar-refractivity contribution in [3.8, 4) is 0 Å². The molecule has 1 heterocycles. The van der Waals surface area contributed by atoms with Crippen LogP contribution >= 0.6 is 0 Å². The minimum Gasteiger partial charge on any atom is -0.481 e. The van der Waals surface area contributed by atoms with E-state index in [1.807, 2.05) is 13.8 Å². The summed E-state index contributed by atoms with van der Waals surface area (Å²) in [6.45, 7) is 4.39. The van der Waals surface area contributed by atoms with Gasteiger partial charge in [-0.15, -0.1) is 0 Å². The van der Waals surface area contributed by atoms with Gasteiger partial charge < -0.3 is 20.5 Å². The number of carbonyl (C=O) groups is 2. The molecule has 0 aromatic carbocycles. The molecule has 0 radical (unpaired) electrons. The van der Waals surface area contributed by atoms with Crippen molar-refractivity contribution in [1.82, 2.24) is 4.90 Å². The zero-order chi connectivity index (χ0) is 13.9. The molecule has 3 atom stereocenters. The van der Waals surface area contributed by atoms with Gasteiger partial charge in [0.1, 0.15) is 5.92 Å². The molecule has 0 saturated carbocycles. The number of amides is 1. The van der Waals surface area contributed by atoms with Gasteiger partial charge in [0, 0.05) is 7.05 Å². The highest BCUT2D eigenvalue weighted by Crippen LogP contribution is 2.20. The summed E-state index contributed by atoms with van der Waals surface area (Å²) in [5.41, 5.74) is 5.83. The third-order valence-corrected chi connectivity index (χ3v) is 3.26. The summed E-state index contributed by atoms with van der Waals surface area (Å²) in [6, 6.07) is -1.00. The smallest absolute Gasteiger partial charge is 0.311 e. The maximum absolute atomic E-state index is 12.1. The van der Waals surface area contributed by atoms with Crippen molar-refractivity contribution in [2.45, 2.75) is 32.4 Å². The number of hydrogen-bond acceptors (Lipinski definition) is 4. The first kappa shape index (κ1) is 14.9. The van der Waals surface area contributed by atoms with E-state index in [0.717, 1.165) is 0 Å². The van der Waals surface area contributed by atoms with Gasteiger partial charge in [-0.3, -0.25) is 9.59 Å². The second kappa shape index (κ2) is 6.15. The van der Waals surface area contributed by atoms with E-state index in [1.165, 1.54) is 4.90 Å². The highest BCUT2D eigenvalue weighted by atomic mass is 16.5. The van der Waals surface area contributed by atoms with Gasteiger partial charge >= 0.3 is 5.97 Å². The van der Waals surface area contributed by atoms with Crippen LogP contribution in [0.3, 0.4) is 0 Å². The molecule has 1 saturated heterocycles. The van der Waals surface area contributed by atoms with Gasteiger partial charge in [-0.1, -0.05) is 13.8 Å². The maximum atomic E-state index is 12.1. The van der Waals surface area contributed by atoms with Crippen molar-refractivity contribution in [2.75, 3.05) is 20.3 Å². The highest BCUT2D eigenvalue weighted by molar-refractivity contribution is 5.82. The summed E-state index contributed by atoms with van der Waals surface area (Å²) in [5, 5.41) is 9.05. The Morgan fingerprint density at radius 2 is 2.06 bits per heavy atom. The summed E-state index contributed by atoms with van der Waals surface area (Å²) < 4.78 is 5.15. The Bertz CT molecular complexity index is 319. The Hall–Kier alpha value is -1.14. The van der Waals surface area contributed by atoms with E-state index in [-0.39, 0.29) is 19.1 Å². The van der Waals surface area contributed by atoms with Gasteiger partial charge in [0.05, 0.1) is 25.3 Å². The van der Waals surface area contributed by atoms with E-state index in [2.05, 4.69) is 0 Å². The number of nitrogens with two attached hydrogens (primary N) is 1. The number of carboxylic acid groups (broad SMARTS) is 1. The van der Waals surface area contributed by atoms with E-state index in [4.69, 9.17) is 15.6 Å². The molecular formula is C12H22N2O4. The Morgan fingerprint density at radius 1 is 1.44 bits per heavy atom. The third kappa shape index (κ3) is 3.43. The molecule has 6 heteroatoms. The molecule has 2 unspecified atom stereocenters. The first-order chi connectivity index (χ1) is 8.34. The fourth-order valence-electron chi connectivity index (χ4n) is 2.19. The lowest BCUT2D eigenvalue weighted by Crippen LogP contribution is -2.50. The topological polar surface area (TPSA) is 92.9 Å². The zero-order valence-corrected chi connectivity index (χ0v) is 11.1. The third-order valence-electron chi connectivity index (χ3n) is 3.26. The molecule has 0 aromatic rings. The van der Waals surface area contributed by atoms with Crippen LogP contribution in [-0.2, 0) is 14.3 Å². The fourth-order valence-corrected chi connectivity index (χ4v) is 2.19. The van der Waals surface area contributed by atoms with Crippen molar-refractivity contribution in [3.05, 3.63) is 0 Å². The number of aliphatic carboxylic acids is 1. The van der Waals surface area contributed by atoms with Gasteiger partial charge in [0.15, 0.2) is 0 Å². The zero-order valence-electron chi connectivity index (χ0n) is 11.1. The number of hydrogen-bond donors (Lipinski definition) is 2. The van der Waals surface area contributed by atoms with Crippen LogP contribution in [0.4, 0.5) is 0 Å². The van der Waals surface area contributed by atoms with Crippen LogP contribution in [-0.4, -0.2) is 54.2 Å². The van der Waals surface area contributed by atoms with Gasteiger partial charge in [-0.2, -0.15) is 0 Å². The van der Waals surface area contributed by atoms with Crippen molar-refractivity contribution < 1.29 is 19.4 Å². The number of rotatable bonds is 5. The van der Waals surface area contributed by atoms with Crippen molar-refractivity contribution in [1.29, 1.82) is 0 Å². The fraction of sp³-hybridized carbons (Fsp3) is 0.833. The second-order valence-electron chi connectivity index (χ2n) is 5.23. The molecule has 1 aliphatic heterocycles. The molecule has 104 valence electrons. The molecule has 1 rings (SSSR count). The van der Waals surface area contributed by atoms with Gasteiger partial charge in [-0.05, 0) is 12.3 Å². The largest absolute Gasteiger partial charge is 0.481 e. The van der Waals surface area contributed by atoms with Crippen molar-refractivity contribution in [2.24, 2.45) is 17.6 Å². The number of nitrogens with zero attached hydrogens (tertiary/aromatic N) is 1. The minimum absolute atomic E-state index is 0.150. The maximum Gasteiger partial charge on any atom is 0.311 e. The highest BCUT2D eigenvalue weighted by Gasteiger charge is 2.39. The lowest BCUT2D eigenvalue weighted by Gasteiger charge is -2.29. The molecule has 6 nitrogen and oxygen atoms in total. The predicted molar refractivity (Wildman–Crippen MR) is 65.9 cm³/mol. The molecule has 3 N–H and O–H groups in total. The van der Waals surface area contributed by atoms with Crippen LogP contribution < -0.4 is 5.73 Å². The van der Waals surface area contributed by atoms with Crippen molar-refractivity contribution >= 4 is 11.9 Å². The van der Waals surface area contributed by atoms with E-state index in [0.29, 0.717) is 12.3 Å². The first-order valence-corrected chi connectivity index (χ1v) is 6.17. The summed E-state index contributed by atoms with van der Waals surface area (Å²) in [7, 11) is 1.60.